The number of aromatic hydroxyl groups is 1. The van der Waals surface area contributed by atoms with Crippen LogP contribution >= 0.6 is 7.60 Å². The molecule has 1 aliphatic rings. The van der Waals surface area contributed by atoms with Crippen LogP contribution in [0.15, 0.2) is 12.1 Å². The first-order valence-electron chi connectivity index (χ1n) is 11.6. The molecule has 0 aromatic heterocycles. The molecule has 0 radical (unpaired) electrons. The zero-order valence-electron chi connectivity index (χ0n) is 21.5. The monoisotopic (exact) mass is 452 g/mol. The predicted molar refractivity (Wildman–Crippen MR) is 130 cm³/mol. The molecule has 5 heteroatoms. The maximum atomic E-state index is 13.2. The predicted octanol–water partition coefficient (Wildman–Crippen LogP) is 7.95. The average molecular weight is 453 g/mol. The van der Waals surface area contributed by atoms with Gasteiger partial charge in [-0.3, -0.25) is 4.57 Å². The summed E-state index contributed by atoms with van der Waals surface area (Å²) in [6.07, 6.45) is 2.85. The minimum atomic E-state index is -3.16. The zero-order chi connectivity index (χ0) is 23.9. The Morgan fingerprint density at radius 1 is 0.806 bits per heavy atom. The normalized spacial score (nSPS) is 18.3. The van der Waals surface area contributed by atoms with E-state index in [0.717, 1.165) is 36.0 Å². The first-order valence-corrected chi connectivity index (χ1v) is 13.3. The number of hydrogen-bond acceptors (Lipinski definition) is 4. The molecule has 1 aliphatic heterocycles. The Kier molecular flexibility index (Phi) is 7.54. The first kappa shape index (κ1) is 26.4. The summed E-state index contributed by atoms with van der Waals surface area (Å²) in [6, 6.07) is 4.05. The summed E-state index contributed by atoms with van der Waals surface area (Å²) < 4.78 is 24.3. The molecule has 0 bridgehead atoms. The third-order valence-corrected chi connectivity index (χ3v) is 7.72. The SMILES string of the molecule is CC(C)(C)CC(C)(C)c1cc(CP2(=O)OCCCO2)cc(C(C)(C)CC(C)(C)C)c1O. The van der Waals surface area contributed by atoms with Crippen molar-refractivity contribution in [3.8, 4) is 5.75 Å². The highest BCUT2D eigenvalue weighted by Gasteiger charge is 2.37. The molecular weight excluding hydrogens is 407 g/mol. The van der Waals surface area contributed by atoms with Gasteiger partial charge in [-0.25, -0.2) is 0 Å². The van der Waals surface area contributed by atoms with Crippen LogP contribution in [0.4, 0.5) is 0 Å². The lowest BCUT2D eigenvalue weighted by Crippen LogP contribution is -2.28. The van der Waals surface area contributed by atoms with E-state index in [4.69, 9.17) is 9.05 Å². The van der Waals surface area contributed by atoms with Gasteiger partial charge in [0.1, 0.15) is 5.75 Å². The first-order chi connectivity index (χ1) is 13.8. The molecule has 0 saturated carbocycles. The highest BCUT2D eigenvalue weighted by molar-refractivity contribution is 7.53. The molecule has 0 unspecified atom stereocenters. The van der Waals surface area contributed by atoms with Gasteiger partial charge >= 0.3 is 7.60 Å². The van der Waals surface area contributed by atoms with Crippen molar-refractivity contribution in [3.05, 3.63) is 28.8 Å². The molecular formula is C26H45O4P. The standard InChI is InChI=1S/C26H45O4P/c1-23(2,3)17-25(7,8)20-14-19(16-31(28)29-12-11-13-30-31)15-21(22(20)27)26(9,10)18-24(4,5)6/h14-15,27H,11-13,16-18H2,1-10H3. The van der Waals surface area contributed by atoms with Crippen molar-refractivity contribution in [2.75, 3.05) is 13.2 Å². The highest BCUT2D eigenvalue weighted by Crippen LogP contribution is 2.55. The van der Waals surface area contributed by atoms with Crippen molar-refractivity contribution in [3.63, 3.8) is 0 Å². The molecule has 1 aromatic rings. The van der Waals surface area contributed by atoms with Crippen molar-refractivity contribution < 1.29 is 18.7 Å². The molecule has 31 heavy (non-hydrogen) atoms. The van der Waals surface area contributed by atoms with E-state index in [1.54, 1.807) is 0 Å². The molecule has 0 aliphatic carbocycles. The Labute approximate surface area is 190 Å². The van der Waals surface area contributed by atoms with E-state index >= 15 is 0 Å². The third kappa shape index (κ3) is 7.34. The molecule has 178 valence electrons. The largest absolute Gasteiger partial charge is 0.507 e. The summed E-state index contributed by atoms with van der Waals surface area (Å²) >= 11 is 0. The van der Waals surface area contributed by atoms with Crippen molar-refractivity contribution >= 4 is 7.60 Å². The van der Waals surface area contributed by atoms with Crippen LogP contribution in [0.1, 0.15) is 105 Å². The lowest BCUT2D eigenvalue weighted by Gasteiger charge is -2.38. The van der Waals surface area contributed by atoms with Gasteiger partial charge in [-0.05, 0) is 46.5 Å². The van der Waals surface area contributed by atoms with Gasteiger partial charge in [0.2, 0.25) is 0 Å². The van der Waals surface area contributed by atoms with Crippen molar-refractivity contribution in [2.45, 2.75) is 105 Å². The summed E-state index contributed by atoms with van der Waals surface area (Å²) in [5, 5.41) is 11.5. The van der Waals surface area contributed by atoms with Crippen LogP contribution in [-0.2, 0) is 30.6 Å². The van der Waals surface area contributed by atoms with Gasteiger partial charge < -0.3 is 14.2 Å². The van der Waals surface area contributed by atoms with Crippen LogP contribution in [0.2, 0.25) is 0 Å². The van der Waals surface area contributed by atoms with Crippen LogP contribution in [0, 0.1) is 10.8 Å². The second-order valence-corrected chi connectivity index (χ2v) is 15.1. The number of hydrogen-bond donors (Lipinski definition) is 1. The fraction of sp³-hybridized carbons (Fsp3) is 0.769. The topological polar surface area (TPSA) is 55.8 Å². The molecule has 1 fully saturated rings. The Bertz CT molecular complexity index is 766. The number of benzene rings is 1. The Morgan fingerprint density at radius 2 is 1.19 bits per heavy atom. The van der Waals surface area contributed by atoms with Crippen molar-refractivity contribution in [2.24, 2.45) is 10.8 Å². The Balaban J connectivity index is 2.62. The van der Waals surface area contributed by atoms with E-state index < -0.39 is 7.60 Å². The van der Waals surface area contributed by atoms with Crippen LogP contribution in [0.3, 0.4) is 0 Å². The molecule has 1 heterocycles. The zero-order valence-corrected chi connectivity index (χ0v) is 22.4. The summed E-state index contributed by atoms with van der Waals surface area (Å²) in [5.41, 5.74) is 2.48. The van der Waals surface area contributed by atoms with Crippen molar-refractivity contribution in [1.82, 2.24) is 0 Å². The van der Waals surface area contributed by atoms with E-state index in [1.165, 1.54) is 0 Å². The maximum absolute atomic E-state index is 13.2. The van der Waals surface area contributed by atoms with E-state index in [2.05, 4.69) is 69.2 Å². The van der Waals surface area contributed by atoms with Gasteiger partial charge in [-0.1, -0.05) is 81.4 Å². The quantitative estimate of drug-likeness (QED) is 0.445. The molecule has 4 nitrogen and oxygen atoms in total. The minimum Gasteiger partial charge on any atom is -0.507 e. The van der Waals surface area contributed by atoms with Crippen LogP contribution in [0.25, 0.3) is 0 Å². The third-order valence-electron chi connectivity index (χ3n) is 5.81. The molecule has 2 rings (SSSR count). The number of phenols is 1. The van der Waals surface area contributed by atoms with Gasteiger partial charge in [-0.2, -0.15) is 0 Å². The summed E-state index contributed by atoms with van der Waals surface area (Å²) in [7, 11) is -3.16. The Hall–Kier alpha value is -0.830. The molecule has 1 aromatic carbocycles. The fourth-order valence-electron chi connectivity index (χ4n) is 5.48. The molecule has 1 N–H and O–H groups in total. The van der Waals surface area contributed by atoms with Gasteiger partial charge in [0.25, 0.3) is 0 Å². The minimum absolute atomic E-state index is 0.107. The molecule has 0 spiro atoms. The average Bonchev–Trinajstić information content (AvgIpc) is 2.52. The van der Waals surface area contributed by atoms with E-state index in [-0.39, 0.29) is 27.8 Å². The van der Waals surface area contributed by atoms with E-state index in [9.17, 15) is 9.67 Å². The second-order valence-electron chi connectivity index (χ2n) is 13.1. The van der Waals surface area contributed by atoms with Crippen LogP contribution in [-0.4, -0.2) is 18.3 Å². The van der Waals surface area contributed by atoms with E-state index in [1.807, 2.05) is 12.1 Å². The fourth-order valence-corrected chi connectivity index (χ4v) is 7.18. The second kappa shape index (κ2) is 8.84. The molecule has 1 saturated heterocycles. The summed E-state index contributed by atoms with van der Waals surface area (Å²) in [6.45, 7) is 23.0. The van der Waals surface area contributed by atoms with E-state index in [0.29, 0.717) is 19.0 Å². The maximum Gasteiger partial charge on any atom is 0.335 e. The Morgan fingerprint density at radius 3 is 1.55 bits per heavy atom. The van der Waals surface area contributed by atoms with Crippen LogP contribution in [0.5, 0.6) is 5.75 Å². The number of phenolic OH excluding ortho intramolecular Hbond substituents is 1. The van der Waals surface area contributed by atoms with Crippen LogP contribution < -0.4 is 0 Å². The van der Waals surface area contributed by atoms with Gasteiger partial charge in [0.05, 0.1) is 19.4 Å². The lowest BCUT2D eigenvalue weighted by atomic mass is 9.68. The summed E-state index contributed by atoms with van der Waals surface area (Å²) in [5.74, 6) is 0.371. The lowest BCUT2D eigenvalue weighted by molar-refractivity contribution is 0.145. The number of rotatable bonds is 6. The van der Waals surface area contributed by atoms with Gasteiger partial charge in [0, 0.05) is 11.1 Å². The molecule has 0 atom stereocenters. The smallest absolute Gasteiger partial charge is 0.335 e. The summed E-state index contributed by atoms with van der Waals surface area (Å²) in [4.78, 5) is 0. The van der Waals surface area contributed by atoms with Gasteiger partial charge in [0.15, 0.2) is 0 Å². The highest BCUT2D eigenvalue weighted by atomic mass is 31.2. The molecule has 0 amide bonds. The van der Waals surface area contributed by atoms with Gasteiger partial charge in [-0.15, -0.1) is 0 Å². The van der Waals surface area contributed by atoms with Crippen molar-refractivity contribution in [1.29, 1.82) is 0 Å².